The van der Waals surface area contributed by atoms with Crippen molar-refractivity contribution in [3.63, 3.8) is 0 Å². The molecule has 0 spiro atoms. The number of carbonyl (C=O) groups is 2. The van der Waals surface area contributed by atoms with Crippen LogP contribution in [-0.4, -0.2) is 40.9 Å². The number of likely N-dealkylation sites (tertiary alicyclic amines) is 1. The van der Waals surface area contributed by atoms with E-state index < -0.39 is 0 Å². The van der Waals surface area contributed by atoms with E-state index in [1.54, 1.807) is 12.1 Å². The molecule has 6 heteroatoms. The monoisotopic (exact) mass is 381 g/mol. The van der Waals surface area contributed by atoms with E-state index in [1.165, 1.54) is 12.4 Å². The summed E-state index contributed by atoms with van der Waals surface area (Å²) in [6.07, 6.45) is 7.34. The highest BCUT2D eigenvalue weighted by Crippen LogP contribution is 2.25. The molecule has 1 N–H and O–H groups in total. The lowest BCUT2D eigenvalue weighted by molar-refractivity contribution is 0.0761. The topological polar surface area (TPSA) is 71.5 Å². The fourth-order valence-electron chi connectivity index (χ4n) is 3.26. The van der Waals surface area contributed by atoms with Gasteiger partial charge < -0.3 is 15.0 Å². The summed E-state index contributed by atoms with van der Waals surface area (Å²) in [6.45, 7) is 5.38. The minimum Gasteiger partial charge on any atom is -0.489 e. The molecule has 1 aliphatic heterocycles. The largest absolute Gasteiger partial charge is 0.489 e. The summed E-state index contributed by atoms with van der Waals surface area (Å²) in [4.78, 5) is 31.5. The van der Waals surface area contributed by atoms with E-state index in [-0.39, 0.29) is 17.9 Å². The van der Waals surface area contributed by atoms with Crippen LogP contribution < -0.4 is 10.1 Å². The number of ether oxygens (including phenoxy) is 1. The van der Waals surface area contributed by atoms with Crippen molar-refractivity contribution in [1.82, 2.24) is 9.88 Å². The number of nitrogens with one attached hydrogen (secondary N) is 1. The molecule has 1 aliphatic rings. The van der Waals surface area contributed by atoms with Crippen molar-refractivity contribution in [2.24, 2.45) is 0 Å². The van der Waals surface area contributed by atoms with Crippen LogP contribution in [0.5, 0.6) is 5.75 Å². The Morgan fingerprint density at radius 2 is 1.71 bits per heavy atom. The maximum absolute atomic E-state index is 12.8. The summed E-state index contributed by atoms with van der Waals surface area (Å²) < 4.78 is 5.74. The van der Waals surface area contributed by atoms with Gasteiger partial charge in [0.05, 0.1) is 22.9 Å². The molecule has 0 radical (unpaired) electrons. The third kappa shape index (κ3) is 5.09. The van der Waals surface area contributed by atoms with Gasteiger partial charge in [0.15, 0.2) is 0 Å². The van der Waals surface area contributed by atoms with Crippen molar-refractivity contribution in [1.29, 1.82) is 0 Å². The van der Waals surface area contributed by atoms with Crippen molar-refractivity contribution in [3.05, 3.63) is 53.9 Å². The second-order valence-electron chi connectivity index (χ2n) is 7.29. The first-order valence-corrected chi connectivity index (χ1v) is 9.86. The van der Waals surface area contributed by atoms with Gasteiger partial charge in [0.2, 0.25) is 0 Å². The first-order chi connectivity index (χ1) is 13.5. The number of anilines is 1. The Bertz CT molecular complexity index is 827. The summed E-state index contributed by atoms with van der Waals surface area (Å²) in [5.41, 5.74) is 1.38. The molecule has 0 aliphatic carbocycles. The highest BCUT2D eigenvalue weighted by molar-refractivity contribution is 6.06. The molecule has 2 amide bonds. The molecule has 1 fully saturated rings. The zero-order chi connectivity index (χ0) is 19.9. The van der Waals surface area contributed by atoms with E-state index in [4.69, 9.17) is 4.74 Å². The molecule has 1 aromatic carbocycles. The standard InChI is InChI=1S/C22H27N3O3/c1-16(2)28-20-10-6-5-9-19(20)24-21(26)17-13-18(15-23-14-17)22(27)25-11-7-3-4-8-12-25/h5-6,9-10,13-16H,3-4,7-8,11-12H2,1-2H3,(H,24,26). The number of amides is 2. The van der Waals surface area contributed by atoms with Gasteiger partial charge in [-0.15, -0.1) is 0 Å². The SMILES string of the molecule is CC(C)Oc1ccccc1NC(=O)c1cncc(C(=O)N2CCCCCC2)c1. The normalized spacial score (nSPS) is 14.5. The Hall–Kier alpha value is -2.89. The first kappa shape index (κ1) is 19.9. The van der Waals surface area contributed by atoms with Crippen molar-refractivity contribution < 1.29 is 14.3 Å². The van der Waals surface area contributed by atoms with Gasteiger partial charge in [0.25, 0.3) is 11.8 Å². The molecule has 2 aromatic rings. The van der Waals surface area contributed by atoms with Gasteiger partial charge in [-0.2, -0.15) is 0 Å². The Balaban J connectivity index is 1.75. The molecular formula is C22H27N3O3. The van der Waals surface area contributed by atoms with Crippen LogP contribution in [-0.2, 0) is 0 Å². The Labute approximate surface area is 165 Å². The van der Waals surface area contributed by atoms with Crippen LogP contribution in [0.2, 0.25) is 0 Å². The maximum atomic E-state index is 12.8. The van der Waals surface area contributed by atoms with E-state index >= 15 is 0 Å². The van der Waals surface area contributed by atoms with Gasteiger partial charge in [-0.05, 0) is 44.9 Å². The minimum atomic E-state index is -0.321. The summed E-state index contributed by atoms with van der Waals surface area (Å²) >= 11 is 0. The molecule has 1 aromatic heterocycles. The first-order valence-electron chi connectivity index (χ1n) is 9.86. The van der Waals surface area contributed by atoms with E-state index in [1.807, 2.05) is 36.9 Å². The molecule has 148 valence electrons. The number of hydrogen-bond acceptors (Lipinski definition) is 4. The van der Waals surface area contributed by atoms with Crippen molar-refractivity contribution in [2.45, 2.75) is 45.6 Å². The van der Waals surface area contributed by atoms with Crippen LogP contribution in [0.1, 0.15) is 60.2 Å². The number of carbonyl (C=O) groups excluding carboxylic acids is 2. The highest BCUT2D eigenvalue weighted by Gasteiger charge is 2.19. The smallest absolute Gasteiger partial charge is 0.257 e. The summed E-state index contributed by atoms with van der Waals surface area (Å²) in [5.74, 6) is 0.223. The van der Waals surface area contributed by atoms with Gasteiger partial charge in [0.1, 0.15) is 5.75 Å². The van der Waals surface area contributed by atoms with Crippen molar-refractivity contribution >= 4 is 17.5 Å². The van der Waals surface area contributed by atoms with Crippen molar-refractivity contribution in [3.8, 4) is 5.75 Å². The number of benzene rings is 1. The van der Waals surface area contributed by atoms with Crippen LogP contribution >= 0.6 is 0 Å². The number of hydrogen-bond donors (Lipinski definition) is 1. The Morgan fingerprint density at radius 3 is 2.43 bits per heavy atom. The quantitative estimate of drug-likeness (QED) is 0.845. The van der Waals surface area contributed by atoms with E-state index in [9.17, 15) is 9.59 Å². The second kappa shape index (κ2) is 9.35. The average Bonchev–Trinajstić information content (AvgIpc) is 2.98. The molecular weight excluding hydrogens is 354 g/mol. The maximum Gasteiger partial charge on any atom is 0.257 e. The third-order valence-electron chi connectivity index (χ3n) is 4.64. The summed E-state index contributed by atoms with van der Waals surface area (Å²) in [7, 11) is 0. The predicted octanol–water partition coefficient (Wildman–Crippen LogP) is 4.14. The van der Waals surface area contributed by atoms with Crippen LogP contribution in [0.4, 0.5) is 5.69 Å². The average molecular weight is 381 g/mol. The van der Waals surface area contributed by atoms with Gasteiger partial charge >= 0.3 is 0 Å². The predicted molar refractivity (Wildman–Crippen MR) is 109 cm³/mol. The Kier molecular flexibility index (Phi) is 6.63. The fraction of sp³-hybridized carbons (Fsp3) is 0.409. The minimum absolute atomic E-state index is 0.00528. The molecule has 6 nitrogen and oxygen atoms in total. The van der Waals surface area contributed by atoms with Crippen LogP contribution in [0.15, 0.2) is 42.7 Å². The number of aromatic nitrogens is 1. The molecule has 0 atom stereocenters. The molecule has 0 bridgehead atoms. The number of pyridine rings is 1. The molecule has 3 rings (SSSR count). The lowest BCUT2D eigenvalue weighted by atomic mass is 10.1. The second-order valence-corrected chi connectivity index (χ2v) is 7.29. The highest BCUT2D eigenvalue weighted by atomic mass is 16.5. The van der Waals surface area contributed by atoms with Crippen LogP contribution in [0.25, 0.3) is 0 Å². The zero-order valence-electron chi connectivity index (χ0n) is 16.5. The number of rotatable bonds is 5. The van der Waals surface area contributed by atoms with E-state index in [0.29, 0.717) is 22.6 Å². The molecule has 0 unspecified atom stereocenters. The van der Waals surface area contributed by atoms with Gasteiger partial charge in [-0.25, -0.2) is 0 Å². The molecule has 0 saturated carbocycles. The van der Waals surface area contributed by atoms with Crippen molar-refractivity contribution in [2.75, 3.05) is 18.4 Å². The third-order valence-corrected chi connectivity index (χ3v) is 4.64. The number of para-hydroxylation sites is 2. The van der Waals surface area contributed by atoms with Gasteiger partial charge in [-0.3, -0.25) is 14.6 Å². The lowest BCUT2D eigenvalue weighted by Gasteiger charge is -2.20. The van der Waals surface area contributed by atoms with Crippen LogP contribution in [0, 0.1) is 0 Å². The molecule has 28 heavy (non-hydrogen) atoms. The number of nitrogens with zero attached hydrogens (tertiary/aromatic N) is 2. The lowest BCUT2D eigenvalue weighted by Crippen LogP contribution is -2.32. The fourth-order valence-corrected chi connectivity index (χ4v) is 3.26. The molecule has 1 saturated heterocycles. The van der Waals surface area contributed by atoms with Gasteiger partial charge in [-0.1, -0.05) is 25.0 Å². The van der Waals surface area contributed by atoms with E-state index in [2.05, 4.69) is 10.3 Å². The van der Waals surface area contributed by atoms with E-state index in [0.717, 1.165) is 38.8 Å². The Morgan fingerprint density at radius 1 is 1.04 bits per heavy atom. The summed E-state index contributed by atoms with van der Waals surface area (Å²) in [6, 6.07) is 8.90. The zero-order valence-corrected chi connectivity index (χ0v) is 16.5. The summed E-state index contributed by atoms with van der Waals surface area (Å²) in [5, 5.41) is 2.86. The molecule has 2 heterocycles. The van der Waals surface area contributed by atoms with Crippen LogP contribution in [0.3, 0.4) is 0 Å². The van der Waals surface area contributed by atoms with Gasteiger partial charge in [0, 0.05) is 25.5 Å².